The van der Waals surface area contributed by atoms with Crippen molar-refractivity contribution in [2.75, 3.05) is 37.0 Å². The van der Waals surface area contributed by atoms with E-state index in [2.05, 4.69) is 34.5 Å². The molecule has 2 heterocycles. The van der Waals surface area contributed by atoms with Crippen LogP contribution in [0.2, 0.25) is 0 Å². The highest BCUT2D eigenvalue weighted by molar-refractivity contribution is 7.94. The van der Waals surface area contributed by atoms with E-state index in [-0.39, 0.29) is 11.8 Å². The van der Waals surface area contributed by atoms with Crippen molar-refractivity contribution in [3.05, 3.63) is 41.3 Å². The predicted molar refractivity (Wildman–Crippen MR) is 83.0 cm³/mol. The average molecular weight is 308 g/mol. The zero-order valence-electron chi connectivity index (χ0n) is 11.9. The number of rotatable bonds is 4. The molecule has 1 fully saturated rings. The van der Waals surface area contributed by atoms with Crippen molar-refractivity contribution in [3.8, 4) is 0 Å². The van der Waals surface area contributed by atoms with Crippen LogP contribution in [0.15, 0.2) is 35.7 Å². The third-order valence-electron chi connectivity index (χ3n) is 3.81. The molecule has 1 unspecified atom stereocenters. The zero-order chi connectivity index (χ0) is 14.7. The van der Waals surface area contributed by atoms with Gasteiger partial charge in [-0.05, 0) is 17.7 Å². The number of nitrogens with zero attached hydrogens (tertiary/aromatic N) is 1. The van der Waals surface area contributed by atoms with Gasteiger partial charge in [0.25, 0.3) is 0 Å². The first-order valence-electron chi connectivity index (χ1n) is 7.18. The molecule has 0 aromatic heterocycles. The van der Waals surface area contributed by atoms with Gasteiger partial charge >= 0.3 is 0 Å². The average Bonchev–Trinajstić information content (AvgIpc) is 2.86. The van der Waals surface area contributed by atoms with Gasteiger partial charge in [0, 0.05) is 36.8 Å². The maximum Gasteiger partial charge on any atom is 0.173 e. The summed E-state index contributed by atoms with van der Waals surface area (Å²) in [5.41, 5.74) is 2.37. The Morgan fingerprint density at radius 1 is 1.19 bits per heavy atom. The van der Waals surface area contributed by atoms with E-state index < -0.39 is 9.84 Å². The van der Waals surface area contributed by atoms with Crippen molar-refractivity contribution < 1.29 is 13.2 Å². The second-order valence-electron chi connectivity index (χ2n) is 5.41. The largest absolute Gasteiger partial charge is 0.378 e. The highest BCUT2D eigenvalue weighted by atomic mass is 32.2. The molecule has 21 heavy (non-hydrogen) atoms. The summed E-state index contributed by atoms with van der Waals surface area (Å²) >= 11 is 0. The Labute approximate surface area is 125 Å². The number of benzene rings is 1. The van der Waals surface area contributed by atoms with E-state index >= 15 is 0 Å². The number of hydrogen-bond donors (Lipinski definition) is 1. The van der Waals surface area contributed by atoms with Crippen molar-refractivity contribution in [1.82, 2.24) is 5.32 Å². The molecular weight excluding hydrogens is 288 g/mol. The third kappa shape index (κ3) is 3.84. The van der Waals surface area contributed by atoms with Crippen LogP contribution in [-0.2, 0) is 21.1 Å². The van der Waals surface area contributed by atoms with Crippen LogP contribution in [0, 0.1) is 0 Å². The fraction of sp³-hybridized carbons (Fsp3) is 0.467. The van der Waals surface area contributed by atoms with Crippen LogP contribution >= 0.6 is 0 Å². The standard InChI is InChI=1S/C15H20N2O3S/c18-21(19)10-5-14(12-21)16-11-13-1-3-15(4-2-13)17-6-8-20-9-7-17/h1-5,10,14,16H,6-9,11-12H2. The van der Waals surface area contributed by atoms with E-state index in [1.807, 2.05) is 0 Å². The first-order valence-corrected chi connectivity index (χ1v) is 8.90. The lowest BCUT2D eigenvalue weighted by Gasteiger charge is -2.29. The van der Waals surface area contributed by atoms with Crippen molar-refractivity contribution in [1.29, 1.82) is 0 Å². The lowest BCUT2D eigenvalue weighted by Crippen LogP contribution is -2.36. The van der Waals surface area contributed by atoms with Crippen LogP contribution in [0.1, 0.15) is 5.56 Å². The van der Waals surface area contributed by atoms with Crippen molar-refractivity contribution in [3.63, 3.8) is 0 Å². The molecule has 0 radical (unpaired) electrons. The van der Waals surface area contributed by atoms with Crippen molar-refractivity contribution in [2.45, 2.75) is 12.6 Å². The summed E-state index contributed by atoms with van der Waals surface area (Å²) in [4.78, 5) is 2.31. The maximum atomic E-state index is 11.3. The Balaban J connectivity index is 1.54. The van der Waals surface area contributed by atoms with E-state index in [0.29, 0.717) is 6.54 Å². The van der Waals surface area contributed by atoms with Crippen molar-refractivity contribution in [2.24, 2.45) is 0 Å². The molecule has 5 nitrogen and oxygen atoms in total. The molecule has 0 saturated carbocycles. The zero-order valence-corrected chi connectivity index (χ0v) is 12.7. The Morgan fingerprint density at radius 3 is 2.52 bits per heavy atom. The van der Waals surface area contributed by atoms with Crippen LogP contribution in [0.5, 0.6) is 0 Å². The molecule has 0 spiro atoms. The summed E-state index contributed by atoms with van der Waals surface area (Å²) in [6.07, 6.45) is 1.72. The molecule has 3 rings (SSSR count). The molecule has 2 aliphatic heterocycles. The van der Waals surface area contributed by atoms with Crippen LogP contribution < -0.4 is 10.2 Å². The molecular formula is C15H20N2O3S. The topological polar surface area (TPSA) is 58.6 Å². The van der Waals surface area contributed by atoms with Crippen LogP contribution in [0.4, 0.5) is 5.69 Å². The minimum atomic E-state index is -2.98. The molecule has 6 heteroatoms. The minimum Gasteiger partial charge on any atom is -0.378 e. The summed E-state index contributed by atoms with van der Waals surface area (Å²) in [6, 6.07) is 8.33. The molecule has 114 valence electrons. The number of ether oxygens (including phenoxy) is 1. The maximum absolute atomic E-state index is 11.3. The number of sulfone groups is 1. The second kappa shape index (κ2) is 6.17. The summed E-state index contributed by atoms with van der Waals surface area (Å²) in [5.74, 6) is 0.166. The van der Waals surface area contributed by atoms with Gasteiger partial charge in [0.15, 0.2) is 9.84 Å². The quantitative estimate of drug-likeness (QED) is 0.896. The van der Waals surface area contributed by atoms with Gasteiger partial charge in [0.1, 0.15) is 0 Å². The van der Waals surface area contributed by atoms with Crippen molar-refractivity contribution >= 4 is 15.5 Å². The van der Waals surface area contributed by atoms with E-state index in [9.17, 15) is 8.42 Å². The van der Waals surface area contributed by atoms with Crippen LogP contribution in [0.3, 0.4) is 0 Å². The molecule has 0 amide bonds. The van der Waals surface area contributed by atoms with Gasteiger partial charge in [-0.2, -0.15) is 0 Å². The highest BCUT2D eigenvalue weighted by Gasteiger charge is 2.20. The van der Waals surface area contributed by atoms with Gasteiger partial charge < -0.3 is 15.0 Å². The SMILES string of the molecule is O=S1(=O)C=CC(NCc2ccc(N3CCOCC3)cc2)C1. The summed E-state index contributed by atoms with van der Waals surface area (Å²) in [7, 11) is -2.98. The first kappa shape index (κ1) is 14.6. The molecule has 1 aromatic carbocycles. The molecule has 1 atom stereocenters. The van der Waals surface area contributed by atoms with Crippen LogP contribution in [0.25, 0.3) is 0 Å². The summed E-state index contributed by atoms with van der Waals surface area (Å²) < 4.78 is 28.0. The van der Waals surface area contributed by atoms with Gasteiger partial charge in [-0.1, -0.05) is 18.2 Å². The Kier molecular flexibility index (Phi) is 4.28. The molecule has 2 aliphatic rings. The number of morpholine rings is 1. The van der Waals surface area contributed by atoms with Gasteiger partial charge in [0.2, 0.25) is 0 Å². The summed E-state index contributed by atoms with van der Waals surface area (Å²) in [5, 5.41) is 4.55. The Bertz CT molecular complexity index is 604. The number of nitrogens with one attached hydrogen (secondary N) is 1. The lowest BCUT2D eigenvalue weighted by molar-refractivity contribution is 0.122. The fourth-order valence-electron chi connectivity index (χ4n) is 2.60. The summed E-state index contributed by atoms with van der Waals surface area (Å²) in [6.45, 7) is 4.11. The Morgan fingerprint density at radius 2 is 1.90 bits per heavy atom. The lowest BCUT2D eigenvalue weighted by atomic mass is 10.1. The number of hydrogen-bond acceptors (Lipinski definition) is 5. The third-order valence-corrected chi connectivity index (χ3v) is 5.21. The van der Waals surface area contributed by atoms with Gasteiger partial charge in [-0.15, -0.1) is 0 Å². The monoisotopic (exact) mass is 308 g/mol. The van der Waals surface area contributed by atoms with Gasteiger partial charge in [-0.25, -0.2) is 8.42 Å². The number of anilines is 1. The van der Waals surface area contributed by atoms with Crippen LogP contribution in [-0.4, -0.2) is 46.5 Å². The first-order chi connectivity index (χ1) is 10.1. The van der Waals surface area contributed by atoms with Gasteiger partial charge in [-0.3, -0.25) is 0 Å². The van der Waals surface area contributed by atoms with E-state index in [4.69, 9.17) is 4.74 Å². The van der Waals surface area contributed by atoms with E-state index in [1.165, 1.54) is 11.1 Å². The van der Waals surface area contributed by atoms with Gasteiger partial charge in [0.05, 0.1) is 19.0 Å². The van der Waals surface area contributed by atoms with E-state index in [1.54, 1.807) is 6.08 Å². The molecule has 0 aliphatic carbocycles. The smallest absolute Gasteiger partial charge is 0.173 e. The van der Waals surface area contributed by atoms with E-state index in [0.717, 1.165) is 31.9 Å². The molecule has 1 aromatic rings. The Hall–Kier alpha value is -1.37. The minimum absolute atomic E-state index is 0.0751. The molecule has 0 bridgehead atoms. The second-order valence-corrected chi connectivity index (χ2v) is 7.34. The molecule has 1 N–H and O–H groups in total. The predicted octanol–water partition coefficient (Wildman–Crippen LogP) is 0.923. The highest BCUT2D eigenvalue weighted by Crippen LogP contribution is 2.17. The normalized spacial score (nSPS) is 24.4. The molecule has 1 saturated heterocycles. The fourth-order valence-corrected chi connectivity index (χ4v) is 3.87.